The van der Waals surface area contributed by atoms with Gasteiger partial charge in [-0.05, 0) is 26.9 Å². The fraction of sp³-hybridized carbons (Fsp3) is 1.00. The van der Waals surface area contributed by atoms with E-state index in [9.17, 15) is 0 Å². The molecule has 0 saturated heterocycles. The predicted molar refractivity (Wildman–Crippen MR) is 48.6 cm³/mol. The fourth-order valence-electron chi connectivity index (χ4n) is 1.16. The van der Waals surface area contributed by atoms with Crippen molar-refractivity contribution < 1.29 is 4.74 Å². The Kier molecular flexibility index (Phi) is 6.57. The van der Waals surface area contributed by atoms with Gasteiger partial charge in [0.2, 0.25) is 0 Å². The molecule has 0 aromatic carbocycles. The molecule has 0 aromatic heterocycles. The second-order valence-electron chi connectivity index (χ2n) is 3.15. The Balaban J connectivity index is 3.36. The van der Waals surface area contributed by atoms with Crippen LogP contribution in [0.15, 0.2) is 0 Å². The van der Waals surface area contributed by atoms with Gasteiger partial charge in [0.05, 0.1) is 0 Å². The standard InChI is InChI=1S/C9H21NO/c1-5-6-7-8-9(11-4)10(2)3/h9H,5-8H2,1-4H3. The predicted octanol–water partition coefficient (Wildman–Crippen LogP) is 2.10. The van der Waals surface area contributed by atoms with Crippen LogP contribution in [0, 0.1) is 0 Å². The molecule has 0 aliphatic rings. The van der Waals surface area contributed by atoms with Crippen LogP contribution in [-0.4, -0.2) is 32.3 Å². The lowest BCUT2D eigenvalue weighted by molar-refractivity contribution is -0.0107. The lowest BCUT2D eigenvalue weighted by Gasteiger charge is -2.22. The second kappa shape index (κ2) is 6.62. The molecule has 2 nitrogen and oxygen atoms in total. The van der Waals surface area contributed by atoms with Gasteiger partial charge in [0, 0.05) is 7.11 Å². The third-order valence-electron chi connectivity index (χ3n) is 1.90. The molecule has 0 aromatic rings. The van der Waals surface area contributed by atoms with Gasteiger partial charge in [0.1, 0.15) is 6.23 Å². The van der Waals surface area contributed by atoms with Gasteiger partial charge in [-0.1, -0.05) is 19.8 Å². The van der Waals surface area contributed by atoms with E-state index >= 15 is 0 Å². The van der Waals surface area contributed by atoms with Crippen LogP contribution in [0.4, 0.5) is 0 Å². The Hall–Kier alpha value is -0.0800. The highest BCUT2D eigenvalue weighted by Crippen LogP contribution is 2.07. The number of hydrogen-bond donors (Lipinski definition) is 0. The van der Waals surface area contributed by atoms with Crippen molar-refractivity contribution in [2.24, 2.45) is 0 Å². The Morgan fingerprint density at radius 2 is 1.91 bits per heavy atom. The van der Waals surface area contributed by atoms with Gasteiger partial charge in [-0.25, -0.2) is 0 Å². The van der Waals surface area contributed by atoms with Crippen LogP contribution in [-0.2, 0) is 4.74 Å². The van der Waals surface area contributed by atoms with E-state index in [0.717, 1.165) is 6.42 Å². The molecule has 0 spiro atoms. The third-order valence-corrected chi connectivity index (χ3v) is 1.90. The average molecular weight is 159 g/mol. The summed E-state index contributed by atoms with van der Waals surface area (Å²) in [6.45, 7) is 2.22. The van der Waals surface area contributed by atoms with E-state index in [2.05, 4.69) is 25.9 Å². The average Bonchev–Trinajstić information content (AvgIpc) is 1.97. The molecule has 1 unspecified atom stereocenters. The van der Waals surface area contributed by atoms with Crippen molar-refractivity contribution in [1.82, 2.24) is 4.90 Å². The van der Waals surface area contributed by atoms with Crippen LogP contribution in [0.25, 0.3) is 0 Å². The molecule has 0 heterocycles. The van der Waals surface area contributed by atoms with Crippen LogP contribution >= 0.6 is 0 Å². The van der Waals surface area contributed by atoms with Crippen molar-refractivity contribution in [2.75, 3.05) is 21.2 Å². The van der Waals surface area contributed by atoms with Crippen LogP contribution in [0.3, 0.4) is 0 Å². The summed E-state index contributed by atoms with van der Waals surface area (Å²) in [4.78, 5) is 2.12. The maximum Gasteiger partial charge on any atom is 0.109 e. The van der Waals surface area contributed by atoms with E-state index in [1.807, 2.05) is 0 Å². The van der Waals surface area contributed by atoms with Crippen molar-refractivity contribution in [1.29, 1.82) is 0 Å². The number of hydrogen-bond acceptors (Lipinski definition) is 2. The van der Waals surface area contributed by atoms with Crippen LogP contribution in [0.1, 0.15) is 32.6 Å². The minimum Gasteiger partial charge on any atom is -0.366 e. The van der Waals surface area contributed by atoms with Crippen molar-refractivity contribution in [3.05, 3.63) is 0 Å². The summed E-state index contributed by atoms with van der Waals surface area (Å²) in [6.07, 6.45) is 5.32. The number of rotatable bonds is 6. The highest BCUT2D eigenvalue weighted by molar-refractivity contribution is 4.53. The maximum atomic E-state index is 5.28. The van der Waals surface area contributed by atoms with Gasteiger partial charge in [-0.3, -0.25) is 4.90 Å². The first kappa shape index (κ1) is 10.9. The molecule has 0 rings (SSSR count). The number of methoxy groups -OCH3 is 1. The molecule has 0 bridgehead atoms. The molecule has 68 valence electrons. The third kappa shape index (κ3) is 5.22. The first-order valence-corrected chi connectivity index (χ1v) is 4.41. The van der Waals surface area contributed by atoms with Gasteiger partial charge in [-0.15, -0.1) is 0 Å². The summed E-state index contributed by atoms with van der Waals surface area (Å²) in [6, 6.07) is 0. The lowest BCUT2D eigenvalue weighted by Crippen LogP contribution is -2.29. The Labute approximate surface area is 70.5 Å². The summed E-state index contributed by atoms with van der Waals surface area (Å²) in [5.74, 6) is 0. The summed E-state index contributed by atoms with van der Waals surface area (Å²) < 4.78 is 5.28. The smallest absolute Gasteiger partial charge is 0.109 e. The van der Waals surface area contributed by atoms with Gasteiger partial charge in [0.25, 0.3) is 0 Å². The van der Waals surface area contributed by atoms with E-state index in [4.69, 9.17) is 4.74 Å². The van der Waals surface area contributed by atoms with E-state index in [1.54, 1.807) is 7.11 Å². The van der Waals surface area contributed by atoms with E-state index < -0.39 is 0 Å². The Morgan fingerprint density at radius 3 is 2.27 bits per heavy atom. The number of unbranched alkanes of at least 4 members (excludes halogenated alkanes) is 2. The molecule has 0 aliphatic carbocycles. The van der Waals surface area contributed by atoms with Crippen LogP contribution in [0.2, 0.25) is 0 Å². The Morgan fingerprint density at radius 1 is 1.27 bits per heavy atom. The normalized spacial score (nSPS) is 13.9. The first-order valence-electron chi connectivity index (χ1n) is 4.41. The van der Waals surface area contributed by atoms with Crippen molar-refractivity contribution in [3.8, 4) is 0 Å². The molecule has 0 saturated carbocycles. The molecule has 0 amide bonds. The summed E-state index contributed by atoms with van der Waals surface area (Å²) in [5, 5.41) is 0. The zero-order valence-corrected chi connectivity index (χ0v) is 8.26. The molecule has 0 radical (unpaired) electrons. The SMILES string of the molecule is CCCCCC(OC)N(C)C. The van der Waals surface area contributed by atoms with Gasteiger partial charge in [-0.2, -0.15) is 0 Å². The molecule has 1 atom stereocenters. The Bertz CT molecular complexity index is 83.6. The molecule has 0 fully saturated rings. The zero-order chi connectivity index (χ0) is 8.69. The molecular formula is C9H21NO. The monoisotopic (exact) mass is 159 g/mol. The second-order valence-corrected chi connectivity index (χ2v) is 3.15. The van der Waals surface area contributed by atoms with Crippen molar-refractivity contribution in [3.63, 3.8) is 0 Å². The summed E-state index contributed by atoms with van der Waals surface area (Å²) in [5.41, 5.74) is 0. The van der Waals surface area contributed by atoms with Crippen LogP contribution in [0.5, 0.6) is 0 Å². The van der Waals surface area contributed by atoms with E-state index in [-0.39, 0.29) is 0 Å². The number of ether oxygens (including phenoxy) is 1. The maximum absolute atomic E-state index is 5.28. The highest BCUT2D eigenvalue weighted by atomic mass is 16.5. The van der Waals surface area contributed by atoms with Crippen LogP contribution < -0.4 is 0 Å². The van der Waals surface area contributed by atoms with Gasteiger partial charge in [0.15, 0.2) is 0 Å². The van der Waals surface area contributed by atoms with E-state index in [1.165, 1.54) is 19.3 Å². The quantitative estimate of drug-likeness (QED) is 0.434. The molecule has 11 heavy (non-hydrogen) atoms. The molecule has 0 aliphatic heterocycles. The van der Waals surface area contributed by atoms with Gasteiger partial charge >= 0.3 is 0 Å². The molecule has 2 heteroatoms. The minimum absolute atomic E-state index is 0.307. The van der Waals surface area contributed by atoms with E-state index in [0.29, 0.717) is 6.23 Å². The fourth-order valence-corrected chi connectivity index (χ4v) is 1.16. The highest BCUT2D eigenvalue weighted by Gasteiger charge is 2.07. The topological polar surface area (TPSA) is 12.5 Å². The number of nitrogens with zero attached hydrogens (tertiary/aromatic N) is 1. The summed E-state index contributed by atoms with van der Waals surface area (Å²) >= 11 is 0. The van der Waals surface area contributed by atoms with Gasteiger partial charge < -0.3 is 4.74 Å². The zero-order valence-electron chi connectivity index (χ0n) is 8.26. The molecular weight excluding hydrogens is 138 g/mol. The minimum atomic E-state index is 0.307. The largest absolute Gasteiger partial charge is 0.366 e. The first-order chi connectivity index (χ1) is 5.22. The van der Waals surface area contributed by atoms with Crippen molar-refractivity contribution >= 4 is 0 Å². The van der Waals surface area contributed by atoms with Crippen molar-refractivity contribution in [2.45, 2.75) is 38.8 Å². The summed E-state index contributed by atoms with van der Waals surface area (Å²) in [7, 11) is 5.89. The lowest BCUT2D eigenvalue weighted by atomic mass is 10.2. The molecule has 0 N–H and O–H groups in total.